The second kappa shape index (κ2) is 8.97. The Kier molecular flexibility index (Phi) is 8.38. The zero-order valence-electron chi connectivity index (χ0n) is 11.0. The third-order valence-electron chi connectivity index (χ3n) is 2.43. The van der Waals surface area contributed by atoms with Crippen molar-refractivity contribution in [1.29, 1.82) is 0 Å². The molecule has 0 rings (SSSR count). The van der Waals surface area contributed by atoms with Gasteiger partial charge in [0.1, 0.15) is 0 Å². The molecule has 2 heteroatoms. The number of aliphatic hydroxyl groups excluding tert-OH is 1. The van der Waals surface area contributed by atoms with E-state index in [1.165, 1.54) is 0 Å². The normalized spacial score (nSPS) is 18.6. The van der Waals surface area contributed by atoms with E-state index in [1.807, 2.05) is 50.3 Å². The van der Waals surface area contributed by atoms with Gasteiger partial charge in [-0.3, -0.25) is 0 Å². The van der Waals surface area contributed by atoms with E-state index in [-0.39, 0.29) is 0 Å². The van der Waals surface area contributed by atoms with Crippen LogP contribution in [0.1, 0.15) is 33.6 Å². The predicted octanol–water partition coefficient (Wildman–Crippen LogP) is 3.14. The first kappa shape index (κ1) is 15.9. The molecule has 0 aromatic carbocycles. The lowest BCUT2D eigenvalue weighted by Gasteiger charge is -2.14. The molecule has 0 spiro atoms. The van der Waals surface area contributed by atoms with Gasteiger partial charge in [-0.05, 0) is 26.7 Å². The van der Waals surface area contributed by atoms with Gasteiger partial charge in [0.15, 0.2) is 0 Å². The van der Waals surface area contributed by atoms with E-state index in [9.17, 15) is 10.2 Å². The van der Waals surface area contributed by atoms with Crippen LogP contribution in [-0.2, 0) is 0 Å². The highest BCUT2D eigenvalue weighted by atomic mass is 16.3. The molecule has 0 aliphatic rings. The highest BCUT2D eigenvalue weighted by Crippen LogP contribution is 2.09. The van der Waals surface area contributed by atoms with Crippen LogP contribution in [0.15, 0.2) is 48.6 Å². The molecule has 17 heavy (non-hydrogen) atoms. The van der Waals surface area contributed by atoms with Gasteiger partial charge >= 0.3 is 0 Å². The van der Waals surface area contributed by atoms with Gasteiger partial charge in [0.2, 0.25) is 0 Å². The van der Waals surface area contributed by atoms with E-state index in [1.54, 1.807) is 19.1 Å². The maximum absolute atomic E-state index is 9.69. The van der Waals surface area contributed by atoms with Crippen LogP contribution in [0.2, 0.25) is 0 Å². The van der Waals surface area contributed by atoms with Gasteiger partial charge in [-0.2, -0.15) is 0 Å². The Bertz CT molecular complexity index is 296. The topological polar surface area (TPSA) is 40.5 Å². The number of aliphatic hydroxyl groups is 2. The van der Waals surface area contributed by atoms with Crippen molar-refractivity contribution in [3.8, 4) is 0 Å². The summed E-state index contributed by atoms with van der Waals surface area (Å²) in [6.45, 7) is 5.64. The van der Waals surface area contributed by atoms with E-state index in [4.69, 9.17) is 0 Å². The lowest BCUT2D eigenvalue weighted by atomic mass is 10.0. The molecule has 0 aliphatic carbocycles. The van der Waals surface area contributed by atoms with Gasteiger partial charge in [-0.15, -0.1) is 0 Å². The largest absolute Gasteiger partial charge is 0.389 e. The summed E-state index contributed by atoms with van der Waals surface area (Å²) in [5.41, 5.74) is -0.741. The van der Waals surface area contributed by atoms with Crippen LogP contribution >= 0.6 is 0 Å². The smallest absolute Gasteiger partial charge is 0.0800 e. The molecule has 0 saturated carbocycles. The number of hydrogen-bond acceptors (Lipinski definition) is 2. The van der Waals surface area contributed by atoms with Gasteiger partial charge in [-0.1, -0.05) is 55.5 Å². The molecule has 0 bridgehead atoms. The Morgan fingerprint density at radius 1 is 1.18 bits per heavy atom. The van der Waals surface area contributed by atoms with E-state index in [2.05, 4.69) is 0 Å². The molecule has 0 heterocycles. The molecule has 0 saturated heterocycles. The standard InChI is InChI=1S/C15H24O2/c1-4-6-8-11-14(16)12-9-7-10-13-15(3,17)5-2/h4,6-11,13-14,16-17H,5,12H2,1-3H3. The summed E-state index contributed by atoms with van der Waals surface area (Å²) in [5.74, 6) is 0. The summed E-state index contributed by atoms with van der Waals surface area (Å²) in [4.78, 5) is 0. The van der Waals surface area contributed by atoms with Crippen LogP contribution in [-0.4, -0.2) is 21.9 Å². The fourth-order valence-corrected chi connectivity index (χ4v) is 1.06. The molecule has 0 radical (unpaired) electrons. The van der Waals surface area contributed by atoms with Crippen LogP contribution in [0.5, 0.6) is 0 Å². The fraction of sp³-hybridized carbons (Fsp3) is 0.467. The predicted molar refractivity (Wildman–Crippen MR) is 73.8 cm³/mol. The first-order valence-electron chi connectivity index (χ1n) is 6.06. The summed E-state index contributed by atoms with van der Waals surface area (Å²) in [5, 5.41) is 19.2. The molecular formula is C15H24O2. The second-order valence-corrected chi connectivity index (χ2v) is 4.21. The Morgan fingerprint density at radius 2 is 1.88 bits per heavy atom. The average Bonchev–Trinajstić information content (AvgIpc) is 2.29. The van der Waals surface area contributed by atoms with Crippen molar-refractivity contribution in [2.75, 3.05) is 0 Å². The highest BCUT2D eigenvalue weighted by Gasteiger charge is 2.10. The van der Waals surface area contributed by atoms with Crippen LogP contribution in [0, 0.1) is 0 Å². The quantitative estimate of drug-likeness (QED) is 0.667. The molecule has 0 aromatic heterocycles. The molecular weight excluding hydrogens is 212 g/mol. The van der Waals surface area contributed by atoms with Gasteiger partial charge in [0.05, 0.1) is 11.7 Å². The molecule has 96 valence electrons. The summed E-state index contributed by atoms with van der Waals surface area (Å²) >= 11 is 0. The van der Waals surface area contributed by atoms with Crippen molar-refractivity contribution in [1.82, 2.24) is 0 Å². The zero-order chi connectivity index (χ0) is 13.1. The molecule has 2 unspecified atom stereocenters. The maximum Gasteiger partial charge on any atom is 0.0800 e. The Balaban J connectivity index is 3.96. The van der Waals surface area contributed by atoms with Crippen molar-refractivity contribution in [3.63, 3.8) is 0 Å². The van der Waals surface area contributed by atoms with Crippen LogP contribution in [0.4, 0.5) is 0 Å². The number of rotatable bonds is 7. The minimum absolute atomic E-state index is 0.456. The zero-order valence-corrected chi connectivity index (χ0v) is 11.0. The highest BCUT2D eigenvalue weighted by molar-refractivity contribution is 5.10. The minimum atomic E-state index is -0.741. The number of hydrogen-bond donors (Lipinski definition) is 2. The van der Waals surface area contributed by atoms with Crippen molar-refractivity contribution < 1.29 is 10.2 Å². The molecule has 0 aliphatic heterocycles. The summed E-state index contributed by atoms with van der Waals surface area (Å²) in [7, 11) is 0. The molecule has 2 N–H and O–H groups in total. The van der Waals surface area contributed by atoms with E-state index < -0.39 is 11.7 Å². The Hall–Kier alpha value is -1.12. The third-order valence-corrected chi connectivity index (χ3v) is 2.43. The van der Waals surface area contributed by atoms with Crippen molar-refractivity contribution in [2.45, 2.75) is 45.3 Å². The lowest BCUT2D eigenvalue weighted by Crippen LogP contribution is -2.18. The molecule has 0 amide bonds. The van der Waals surface area contributed by atoms with Gasteiger partial charge < -0.3 is 10.2 Å². The summed E-state index contributed by atoms with van der Waals surface area (Å²) < 4.78 is 0. The molecule has 0 fully saturated rings. The van der Waals surface area contributed by atoms with Crippen molar-refractivity contribution in [2.24, 2.45) is 0 Å². The van der Waals surface area contributed by atoms with Gasteiger partial charge in [-0.25, -0.2) is 0 Å². The van der Waals surface area contributed by atoms with Gasteiger partial charge in [0.25, 0.3) is 0 Å². The minimum Gasteiger partial charge on any atom is -0.389 e. The van der Waals surface area contributed by atoms with Crippen LogP contribution in [0.25, 0.3) is 0 Å². The number of allylic oxidation sites excluding steroid dienone is 5. The van der Waals surface area contributed by atoms with E-state index in [0.717, 1.165) is 0 Å². The van der Waals surface area contributed by atoms with E-state index in [0.29, 0.717) is 12.8 Å². The Morgan fingerprint density at radius 3 is 2.47 bits per heavy atom. The van der Waals surface area contributed by atoms with Crippen molar-refractivity contribution in [3.05, 3.63) is 48.6 Å². The van der Waals surface area contributed by atoms with Crippen LogP contribution < -0.4 is 0 Å². The molecule has 2 nitrogen and oxygen atoms in total. The third kappa shape index (κ3) is 9.79. The van der Waals surface area contributed by atoms with E-state index >= 15 is 0 Å². The lowest BCUT2D eigenvalue weighted by molar-refractivity contribution is 0.108. The maximum atomic E-state index is 9.69. The Labute approximate surface area is 105 Å². The summed E-state index contributed by atoms with van der Waals surface area (Å²) in [6, 6.07) is 0. The SMILES string of the molecule is CC=CC=CC(O)CC=CC=CC(C)(O)CC. The monoisotopic (exact) mass is 236 g/mol. The first-order chi connectivity index (χ1) is 8.02. The van der Waals surface area contributed by atoms with Crippen LogP contribution in [0.3, 0.4) is 0 Å². The second-order valence-electron chi connectivity index (χ2n) is 4.21. The molecule has 2 atom stereocenters. The average molecular weight is 236 g/mol. The first-order valence-corrected chi connectivity index (χ1v) is 6.06. The van der Waals surface area contributed by atoms with Crippen molar-refractivity contribution >= 4 is 0 Å². The fourth-order valence-electron chi connectivity index (χ4n) is 1.06. The van der Waals surface area contributed by atoms with Gasteiger partial charge in [0, 0.05) is 0 Å². The summed E-state index contributed by atoms with van der Waals surface area (Å²) in [6.07, 6.45) is 15.5. The molecule has 0 aromatic rings.